The smallest absolute Gasteiger partial charge is 0.252 e. The summed E-state index contributed by atoms with van der Waals surface area (Å²) in [4.78, 5) is 18.9. The highest BCUT2D eigenvalue weighted by molar-refractivity contribution is 5.35. The average molecular weight is 235 g/mol. The van der Waals surface area contributed by atoms with Crippen molar-refractivity contribution in [2.24, 2.45) is 5.92 Å². The molecule has 1 aromatic heterocycles. The minimum Gasteiger partial charge on any atom is -0.367 e. The van der Waals surface area contributed by atoms with Crippen molar-refractivity contribution in [1.82, 2.24) is 9.97 Å². The molecule has 4 heteroatoms. The summed E-state index contributed by atoms with van der Waals surface area (Å²) in [6.07, 6.45) is 3.33. The highest BCUT2D eigenvalue weighted by atomic mass is 16.1. The summed E-state index contributed by atoms with van der Waals surface area (Å²) in [7, 11) is 0. The van der Waals surface area contributed by atoms with Gasteiger partial charge in [0.25, 0.3) is 5.56 Å². The van der Waals surface area contributed by atoms with Gasteiger partial charge in [0.15, 0.2) is 0 Å². The molecular weight excluding hydrogens is 214 g/mol. The van der Waals surface area contributed by atoms with Gasteiger partial charge in [-0.1, -0.05) is 20.8 Å². The van der Waals surface area contributed by atoms with Gasteiger partial charge in [0, 0.05) is 18.0 Å². The van der Waals surface area contributed by atoms with E-state index >= 15 is 0 Å². The van der Waals surface area contributed by atoms with Gasteiger partial charge in [-0.05, 0) is 25.2 Å². The molecule has 0 spiro atoms. The second kappa shape index (κ2) is 4.90. The summed E-state index contributed by atoms with van der Waals surface area (Å²) < 4.78 is 0. The quantitative estimate of drug-likeness (QED) is 0.824. The molecule has 94 valence electrons. The monoisotopic (exact) mass is 235 g/mol. The molecule has 1 aliphatic carbocycles. The van der Waals surface area contributed by atoms with Gasteiger partial charge >= 0.3 is 0 Å². The summed E-state index contributed by atoms with van der Waals surface area (Å²) in [6, 6.07) is 1.92. The molecule has 1 unspecified atom stereocenters. The SMILES string of the molecule is CCC(Nc1cc(=O)[nH]c(C2CC2)n1)C(C)C. The van der Waals surface area contributed by atoms with Crippen molar-refractivity contribution in [3.63, 3.8) is 0 Å². The molecule has 2 N–H and O–H groups in total. The molecule has 4 nitrogen and oxygen atoms in total. The van der Waals surface area contributed by atoms with Crippen molar-refractivity contribution in [3.05, 3.63) is 22.2 Å². The molecular formula is C13H21N3O. The van der Waals surface area contributed by atoms with Gasteiger partial charge in [-0.2, -0.15) is 0 Å². The van der Waals surface area contributed by atoms with Gasteiger partial charge in [0.2, 0.25) is 0 Å². The molecule has 0 aromatic carbocycles. The van der Waals surface area contributed by atoms with Crippen LogP contribution in [0.25, 0.3) is 0 Å². The van der Waals surface area contributed by atoms with E-state index in [2.05, 4.69) is 36.1 Å². The van der Waals surface area contributed by atoms with E-state index in [1.165, 1.54) is 0 Å². The Hall–Kier alpha value is -1.32. The number of hydrogen-bond acceptors (Lipinski definition) is 3. The van der Waals surface area contributed by atoms with Crippen molar-refractivity contribution in [1.29, 1.82) is 0 Å². The van der Waals surface area contributed by atoms with E-state index in [9.17, 15) is 4.79 Å². The Morgan fingerprint density at radius 3 is 2.76 bits per heavy atom. The lowest BCUT2D eigenvalue weighted by atomic mass is 10.0. The van der Waals surface area contributed by atoms with Crippen molar-refractivity contribution < 1.29 is 0 Å². The van der Waals surface area contributed by atoms with Gasteiger partial charge in [-0.25, -0.2) is 4.98 Å². The fourth-order valence-electron chi connectivity index (χ4n) is 2.03. The third-order valence-corrected chi connectivity index (χ3v) is 3.30. The summed E-state index contributed by atoms with van der Waals surface area (Å²) in [5.74, 6) is 2.57. The number of nitrogens with one attached hydrogen (secondary N) is 2. The Bertz CT molecular complexity index is 435. The molecule has 1 fully saturated rings. The molecule has 1 heterocycles. The van der Waals surface area contributed by atoms with Crippen LogP contribution in [0.4, 0.5) is 5.82 Å². The molecule has 0 saturated heterocycles. The van der Waals surface area contributed by atoms with Crippen molar-refractivity contribution >= 4 is 5.82 Å². The maximum Gasteiger partial charge on any atom is 0.252 e. The standard InChI is InChI=1S/C13H21N3O/c1-4-10(8(2)3)14-11-7-12(17)16-13(15-11)9-5-6-9/h7-10H,4-6H2,1-3H3,(H2,14,15,16,17). The first-order valence-electron chi connectivity index (χ1n) is 6.48. The fraction of sp³-hybridized carbons (Fsp3) is 0.692. The van der Waals surface area contributed by atoms with Crippen LogP contribution < -0.4 is 10.9 Å². The van der Waals surface area contributed by atoms with E-state index in [1.807, 2.05) is 0 Å². The average Bonchev–Trinajstić information content (AvgIpc) is 3.08. The first-order chi connectivity index (χ1) is 8.10. The summed E-state index contributed by atoms with van der Waals surface area (Å²) >= 11 is 0. The van der Waals surface area contributed by atoms with Gasteiger partial charge in [-0.3, -0.25) is 4.79 Å². The highest BCUT2D eigenvalue weighted by Gasteiger charge is 2.26. The maximum absolute atomic E-state index is 11.5. The number of aromatic nitrogens is 2. The zero-order chi connectivity index (χ0) is 12.4. The number of rotatable bonds is 5. The molecule has 17 heavy (non-hydrogen) atoms. The van der Waals surface area contributed by atoms with Crippen LogP contribution in [0.2, 0.25) is 0 Å². The molecule has 0 aliphatic heterocycles. The van der Waals surface area contributed by atoms with E-state index in [4.69, 9.17) is 0 Å². The lowest BCUT2D eigenvalue weighted by molar-refractivity contribution is 0.509. The van der Waals surface area contributed by atoms with Crippen molar-refractivity contribution in [2.45, 2.75) is 52.0 Å². The minimum absolute atomic E-state index is 0.0528. The minimum atomic E-state index is -0.0528. The lowest BCUT2D eigenvalue weighted by Gasteiger charge is -2.21. The second-order valence-corrected chi connectivity index (χ2v) is 5.19. The zero-order valence-electron chi connectivity index (χ0n) is 10.8. The van der Waals surface area contributed by atoms with E-state index in [-0.39, 0.29) is 5.56 Å². The summed E-state index contributed by atoms with van der Waals surface area (Å²) in [5.41, 5.74) is -0.0528. The Balaban J connectivity index is 2.17. The van der Waals surface area contributed by atoms with Crippen LogP contribution in [0.15, 0.2) is 10.9 Å². The molecule has 0 radical (unpaired) electrons. The number of hydrogen-bond donors (Lipinski definition) is 2. The molecule has 0 amide bonds. The largest absolute Gasteiger partial charge is 0.367 e. The predicted molar refractivity (Wildman–Crippen MR) is 69.4 cm³/mol. The van der Waals surface area contributed by atoms with Crippen LogP contribution in [0.5, 0.6) is 0 Å². The Kier molecular flexibility index (Phi) is 3.50. The van der Waals surface area contributed by atoms with Crippen LogP contribution in [-0.4, -0.2) is 16.0 Å². The second-order valence-electron chi connectivity index (χ2n) is 5.19. The number of anilines is 1. The molecule has 2 rings (SSSR count). The topological polar surface area (TPSA) is 57.8 Å². The number of aromatic amines is 1. The molecule has 1 aromatic rings. The van der Waals surface area contributed by atoms with E-state index in [1.54, 1.807) is 6.07 Å². The third kappa shape index (κ3) is 3.08. The van der Waals surface area contributed by atoms with Crippen LogP contribution in [0, 0.1) is 5.92 Å². The lowest BCUT2D eigenvalue weighted by Crippen LogP contribution is -2.26. The van der Waals surface area contributed by atoms with E-state index in [0.717, 1.165) is 30.9 Å². The Morgan fingerprint density at radius 1 is 1.53 bits per heavy atom. The van der Waals surface area contributed by atoms with Gasteiger partial charge in [-0.15, -0.1) is 0 Å². The molecule has 1 saturated carbocycles. The first-order valence-corrected chi connectivity index (χ1v) is 6.48. The summed E-state index contributed by atoms with van der Waals surface area (Å²) in [6.45, 7) is 6.50. The fourth-order valence-corrected chi connectivity index (χ4v) is 2.03. The van der Waals surface area contributed by atoms with Crippen LogP contribution in [0.1, 0.15) is 51.8 Å². The van der Waals surface area contributed by atoms with Crippen molar-refractivity contribution in [3.8, 4) is 0 Å². The molecule has 1 atom stereocenters. The normalized spacial score (nSPS) is 17.2. The Morgan fingerprint density at radius 2 is 2.24 bits per heavy atom. The first kappa shape index (κ1) is 12.1. The predicted octanol–water partition coefficient (Wildman–Crippen LogP) is 2.49. The molecule has 0 bridgehead atoms. The maximum atomic E-state index is 11.5. The highest BCUT2D eigenvalue weighted by Crippen LogP contribution is 2.37. The van der Waals surface area contributed by atoms with Gasteiger partial charge in [0.05, 0.1) is 0 Å². The van der Waals surface area contributed by atoms with Crippen LogP contribution in [0.3, 0.4) is 0 Å². The van der Waals surface area contributed by atoms with Crippen LogP contribution >= 0.6 is 0 Å². The Labute approximate surface area is 102 Å². The van der Waals surface area contributed by atoms with Gasteiger partial charge < -0.3 is 10.3 Å². The molecule has 1 aliphatic rings. The van der Waals surface area contributed by atoms with E-state index < -0.39 is 0 Å². The van der Waals surface area contributed by atoms with E-state index in [0.29, 0.717) is 17.9 Å². The van der Waals surface area contributed by atoms with Crippen LogP contribution in [-0.2, 0) is 0 Å². The number of H-pyrrole nitrogens is 1. The zero-order valence-corrected chi connectivity index (χ0v) is 10.8. The van der Waals surface area contributed by atoms with Gasteiger partial charge in [0.1, 0.15) is 11.6 Å². The summed E-state index contributed by atoms with van der Waals surface area (Å²) in [5, 5.41) is 3.36. The number of nitrogens with zero attached hydrogens (tertiary/aromatic N) is 1. The third-order valence-electron chi connectivity index (χ3n) is 3.30. The van der Waals surface area contributed by atoms with Crippen molar-refractivity contribution in [2.75, 3.05) is 5.32 Å².